The number of para-hydroxylation sites is 1. The van der Waals surface area contributed by atoms with Crippen molar-refractivity contribution in [2.24, 2.45) is 0 Å². The first-order valence-corrected chi connectivity index (χ1v) is 4.81. The van der Waals surface area contributed by atoms with Crippen molar-refractivity contribution in [2.75, 3.05) is 0 Å². The van der Waals surface area contributed by atoms with Gasteiger partial charge >= 0.3 is 6.18 Å². The molecule has 0 radical (unpaired) electrons. The normalized spacial score (nSPS) is 11.6. The van der Waals surface area contributed by atoms with E-state index in [2.05, 4.69) is 5.10 Å². The summed E-state index contributed by atoms with van der Waals surface area (Å²) in [4.78, 5) is 10.7. The third kappa shape index (κ3) is 2.11. The molecule has 0 bridgehead atoms. The molecule has 0 fully saturated rings. The summed E-state index contributed by atoms with van der Waals surface area (Å²) in [5, 5.41) is 3.20. The van der Waals surface area contributed by atoms with E-state index in [0.29, 0.717) is 10.7 Å². The zero-order valence-electron chi connectivity index (χ0n) is 8.78. The molecule has 0 saturated carbocycles. The number of alkyl halides is 3. The van der Waals surface area contributed by atoms with Crippen LogP contribution in [0.5, 0.6) is 0 Å². The number of carbonyl (C=O) groups excluding carboxylic acids is 1. The molecular weight excluding hydrogens is 252 g/mol. The first kappa shape index (κ1) is 12.3. The van der Waals surface area contributed by atoms with Gasteiger partial charge in [-0.05, 0) is 18.2 Å². The van der Waals surface area contributed by atoms with E-state index >= 15 is 0 Å². The maximum atomic E-state index is 13.4. The Morgan fingerprint density at radius 2 is 1.89 bits per heavy atom. The fraction of sp³-hybridized carbons (Fsp3) is 0.0909. The Hall–Kier alpha value is -2.18. The molecule has 0 aliphatic carbocycles. The number of rotatable bonds is 2. The highest BCUT2D eigenvalue weighted by atomic mass is 19.4. The van der Waals surface area contributed by atoms with E-state index in [-0.39, 0.29) is 17.7 Å². The number of nitrogens with zero attached hydrogens (tertiary/aromatic N) is 2. The van der Waals surface area contributed by atoms with Crippen LogP contribution in [0.25, 0.3) is 5.69 Å². The summed E-state index contributed by atoms with van der Waals surface area (Å²) in [5.41, 5.74) is -1.82. The van der Waals surface area contributed by atoms with Crippen molar-refractivity contribution in [3.05, 3.63) is 47.5 Å². The van der Waals surface area contributed by atoms with Gasteiger partial charge in [0.2, 0.25) is 0 Å². The Balaban J connectivity index is 2.61. The fourth-order valence-corrected chi connectivity index (χ4v) is 1.43. The van der Waals surface area contributed by atoms with Crippen LogP contribution in [0.3, 0.4) is 0 Å². The van der Waals surface area contributed by atoms with E-state index < -0.39 is 17.7 Å². The van der Waals surface area contributed by atoms with Crippen molar-refractivity contribution < 1.29 is 22.4 Å². The predicted octanol–water partition coefficient (Wildman–Crippen LogP) is 2.84. The zero-order valence-corrected chi connectivity index (χ0v) is 8.78. The molecule has 18 heavy (non-hydrogen) atoms. The minimum absolute atomic E-state index is 0.189. The summed E-state index contributed by atoms with van der Waals surface area (Å²) < 4.78 is 51.4. The molecule has 7 heteroatoms. The fourth-order valence-electron chi connectivity index (χ4n) is 1.43. The quantitative estimate of drug-likeness (QED) is 0.613. The maximum Gasteiger partial charge on any atom is 0.435 e. The van der Waals surface area contributed by atoms with Crippen molar-refractivity contribution >= 4 is 6.29 Å². The third-order valence-corrected chi connectivity index (χ3v) is 2.23. The Kier molecular flexibility index (Phi) is 2.90. The summed E-state index contributed by atoms with van der Waals surface area (Å²) in [6.07, 6.45) is -4.50. The Bertz CT molecular complexity index is 589. The molecule has 0 spiro atoms. The van der Waals surface area contributed by atoms with Gasteiger partial charge in [0.05, 0.1) is 0 Å². The van der Waals surface area contributed by atoms with Crippen LogP contribution in [-0.2, 0) is 6.18 Å². The summed E-state index contributed by atoms with van der Waals surface area (Å²) in [5.74, 6) is -0.766. The van der Waals surface area contributed by atoms with Gasteiger partial charge in [0.15, 0.2) is 12.0 Å². The number of halogens is 4. The molecule has 0 atom stereocenters. The molecule has 0 aliphatic rings. The van der Waals surface area contributed by atoms with E-state index in [4.69, 9.17) is 0 Å². The maximum absolute atomic E-state index is 13.4. The second-order valence-corrected chi connectivity index (χ2v) is 3.43. The van der Waals surface area contributed by atoms with Crippen molar-refractivity contribution in [3.8, 4) is 5.69 Å². The molecule has 1 aromatic heterocycles. The standard InChI is InChI=1S/C11H6F4N2O/c12-8-3-1-2-4-9(8)17-7(6-18)5-10(16-17)11(13,14)15/h1-6H. The van der Waals surface area contributed by atoms with Crippen LogP contribution in [0, 0.1) is 5.82 Å². The molecule has 0 N–H and O–H groups in total. The number of aldehydes is 1. The van der Waals surface area contributed by atoms with Gasteiger partial charge in [0, 0.05) is 0 Å². The number of benzene rings is 1. The molecule has 1 heterocycles. The summed E-state index contributed by atoms with van der Waals surface area (Å²) >= 11 is 0. The van der Waals surface area contributed by atoms with Crippen molar-refractivity contribution in [1.29, 1.82) is 0 Å². The number of carbonyl (C=O) groups is 1. The molecule has 2 aromatic rings. The van der Waals surface area contributed by atoms with E-state index in [1.807, 2.05) is 0 Å². The van der Waals surface area contributed by atoms with Crippen molar-refractivity contribution in [2.45, 2.75) is 6.18 Å². The van der Waals surface area contributed by atoms with E-state index in [1.165, 1.54) is 18.2 Å². The Labute approximate surface area is 98.6 Å². The van der Waals surface area contributed by atoms with E-state index in [0.717, 1.165) is 6.07 Å². The highest BCUT2D eigenvalue weighted by Crippen LogP contribution is 2.29. The average molecular weight is 258 g/mol. The molecule has 3 nitrogen and oxygen atoms in total. The predicted molar refractivity (Wildman–Crippen MR) is 53.9 cm³/mol. The molecule has 94 valence electrons. The minimum atomic E-state index is -4.69. The van der Waals surface area contributed by atoms with Gasteiger partial charge in [0.1, 0.15) is 17.2 Å². The Morgan fingerprint density at radius 3 is 2.44 bits per heavy atom. The largest absolute Gasteiger partial charge is 0.435 e. The second kappa shape index (κ2) is 4.25. The third-order valence-electron chi connectivity index (χ3n) is 2.23. The van der Waals surface area contributed by atoms with Crippen LogP contribution in [0.2, 0.25) is 0 Å². The van der Waals surface area contributed by atoms with Gasteiger partial charge in [-0.2, -0.15) is 18.3 Å². The van der Waals surface area contributed by atoms with Crippen LogP contribution < -0.4 is 0 Å². The first-order chi connectivity index (χ1) is 8.43. The zero-order chi connectivity index (χ0) is 13.3. The average Bonchev–Trinajstić information content (AvgIpc) is 2.73. The molecule has 0 aliphatic heterocycles. The summed E-state index contributed by atoms with van der Waals surface area (Å²) in [7, 11) is 0. The van der Waals surface area contributed by atoms with Crippen LogP contribution in [0.4, 0.5) is 17.6 Å². The molecular formula is C11H6F4N2O. The van der Waals surface area contributed by atoms with Gasteiger partial charge in [-0.3, -0.25) is 4.79 Å². The lowest BCUT2D eigenvalue weighted by Gasteiger charge is -2.04. The topological polar surface area (TPSA) is 34.9 Å². The Morgan fingerprint density at radius 1 is 1.22 bits per heavy atom. The highest BCUT2D eigenvalue weighted by Gasteiger charge is 2.35. The van der Waals surface area contributed by atoms with Crippen LogP contribution in [-0.4, -0.2) is 16.1 Å². The summed E-state index contributed by atoms with van der Waals surface area (Å²) in [6.45, 7) is 0. The number of hydrogen-bond acceptors (Lipinski definition) is 2. The highest BCUT2D eigenvalue weighted by molar-refractivity contribution is 5.73. The van der Waals surface area contributed by atoms with Gasteiger partial charge in [-0.1, -0.05) is 12.1 Å². The van der Waals surface area contributed by atoms with Gasteiger partial charge < -0.3 is 0 Å². The molecule has 0 unspecified atom stereocenters. The van der Waals surface area contributed by atoms with Gasteiger partial charge in [0.25, 0.3) is 0 Å². The molecule has 1 aromatic carbocycles. The smallest absolute Gasteiger partial charge is 0.296 e. The van der Waals surface area contributed by atoms with Crippen molar-refractivity contribution in [1.82, 2.24) is 9.78 Å². The minimum Gasteiger partial charge on any atom is -0.296 e. The van der Waals surface area contributed by atoms with Gasteiger partial charge in [-0.25, -0.2) is 9.07 Å². The van der Waals surface area contributed by atoms with Crippen molar-refractivity contribution in [3.63, 3.8) is 0 Å². The summed E-state index contributed by atoms with van der Waals surface area (Å²) in [6, 6.07) is 5.68. The molecule has 0 amide bonds. The van der Waals surface area contributed by atoms with Crippen LogP contribution in [0.15, 0.2) is 30.3 Å². The van der Waals surface area contributed by atoms with Crippen LogP contribution >= 0.6 is 0 Å². The molecule has 2 rings (SSSR count). The van der Waals surface area contributed by atoms with Gasteiger partial charge in [-0.15, -0.1) is 0 Å². The lowest BCUT2D eigenvalue weighted by Crippen LogP contribution is -2.08. The SMILES string of the molecule is O=Cc1cc(C(F)(F)F)nn1-c1ccccc1F. The first-order valence-electron chi connectivity index (χ1n) is 4.81. The number of aromatic nitrogens is 2. The second-order valence-electron chi connectivity index (χ2n) is 3.43. The lowest BCUT2D eigenvalue weighted by molar-refractivity contribution is -0.141. The number of hydrogen-bond donors (Lipinski definition) is 0. The monoisotopic (exact) mass is 258 g/mol. The lowest BCUT2D eigenvalue weighted by atomic mass is 10.3. The molecule has 0 saturated heterocycles. The van der Waals surface area contributed by atoms with E-state index in [1.54, 1.807) is 0 Å². The van der Waals surface area contributed by atoms with E-state index in [9.17, 15) is 22.4 Å². The van der Waals surface area contributed by atoms with Crippen LogP contribution in [0.1, 0.15) is 16.2 Å².